The summed E-state index contributed by atoms with van der Waals surface area (Å²) in [6, 6.07) is 0. The average molecular weight is 363 g/mol. The van der Waals surface area contributed by atoms with Crippen LogP contribution in [-0.4, -0.2) is 12.5 Å². The summed E-state index contributed by atoms with van der Waals surface area (Å²) in [7, 11) is -1.50. The summed E-state index contributed by atoms with van der Waals surface area (Å²) in [4.78, 5) is 0. The molecule has 1 nitrogen and oxygen atoms in total. The Bertz CT molecular complexity index is 338. The molecule has 0 saturated carbocycles. The Kier molecular flexibility index (Phi) is 4.92. The highest BCUT2D eigenvalue weighted by molar-refractivity contribution is 14.1. The van der Waals surface area contributed by atoms with Crippen LogP contribution in [0.25, 0.3) is 0 Å². The van der Waals surface area contributed by atoms with Gasteiger partial charge in [0, 0.05) is 9.77 Å². The fourth-order valence-corrected chi connectivity index (χ4v) is 10.9. The van der Waals surface area contributed by atoms with Crippen molar-refractivity contribution in [2.45, 2.75) is 65.1 Å². The molecule has 0 fully saturated rings. The third-order valence-electron chi connectivity index (χ3n) is 4.18. The minimum atomic E-state index is -1.50. The second-order valence-electron chi connectivity index (χ2n) is 6.05. The lowest BCUT2D eigenvalue weighted by atomic mass is 10.4. The van der Waals surface area contributed by atoms with E-state index in [9.17, 15) is 0 Å². The molecule has 0 aliphatic heterocycles. The van der Waals surface area contributed by atoms with Crippen molar-refractivity contribution >= 4 is 30.8 Å². The maximum absolute atomic E-state index is 2.62. The predicted molar refractivity (Wildman–Crippen MR) is 88.3 cm³/mol. The average Bonchev–Trinajstić information content (AvgIpc) is 2.45. The van der Waals surface area contributed by atoms with Crippen molar-refractivity contribution in [2.24, 2.45) is 0 Å². The van der Waals surface area contributed by atoms with E-state index in [-0.39, 0.29) is 0 Å². The Morgan fingerprint density at radius 2 is 1.35 bits per heavy atom. The Morgan fingerprint density at radius 3 is 1.59 bits per heavy atom. The molecule has 0 saturated heterocycles. The molecule has 1 rings (SSSR count). The lowest BCUT2D eigenvalue weighted by Gasteiger charge is -2.44. The molecule has 0 bridgehead atoms. The fourth-order valence-electron chi connectivity index (χ4n) is 3.65. The molecule has 0 aromatic carbocycles. The summed E-state index contributed by atoms with van der Waals surface area (Å²) in [5.74, 6) is 0. The van der Waals surface area contributed by atoms with Gasteiger partial charge in [0.15, 0.2) is 8.24 Å². The van der Waals surface area contributed by atoms with Crippen LogP contribution in [0.5, 0.6) is 0 Å². The second kappa shape index (κ2) is 5.47. The van der Waals surface area contributed by atoms with Gasteiger partial charge in [0.25, 0.3) is 0 Å². The van der Waals surface area contributed by atoms with Crippen LogP contribution in [0.3, 0.4) is 0 Å². The van der Waals surface area contributed by atoms with Gasteiger partial charge in [-0.05, 0) is 57.9 Å². The van der Waals surface area contributed by atoms with E-state index in [1.54, 1.807) is 0 Å². The first-order valence-electron chi connectivity index (χ1n) is 6.59. The lowest BCUT2D eigenvalue weighted by molar-refractivity contribution is 0.765. The fraction of sp³-hybridized carbons (Fsp3) is 0.714. The van der Waals surface area contributed by atoms with Gasteiger partial charge in [-0.2, -0.15) is 0 Å². The van der Waals surface area contributed by atoms with Crippen molar-refractivity contribution < 1.29 is 0 Å². The van der Waals surface area contributed by atoms with Crippen molar-refractivity contribution in [3.8, 4) is 0 Å². The van der Waals surface area contributed by atoms with E-state index in [2.05, 4.69) is 87.7 Å². The third kappa shape index (κ3) is 2.50. The van der Waals surface area contributed by atoms with E-state index in [0.29, 0.717) is 0 Å². The third-order valence-corrected chi connectivity index (χ3v) is 12.0. The van der Waals surface area contributed by atoms with Gasteiger partial charge in [-0.1, -0.05) is 41.5 Å². The van der Waals surface area contributed by atoms with E-state index < -0.39 is 8.24 Å². The normalized spacial score (nSPS) is 13.1. The quantitative estimate of drug-likeness (QED) is 0.497. The van der Waals surface area contributed by atoms with Crippen LogP contribution in [0.4, 0.5) is 0 Å². The SMILES string of the molecule is Cc1cn([Si](C(C)C)(C(C)C)C(C)C)cc1I. The van der Waals surface area contributed by atoms with Crippen LogP contribution in [0.1, 0.15) is 47.1 Å². The molecule has 0 atom stereocenters. The van der Waals surface area contributed by atoms with Gasteiger partial charge in [0.05, 0.1) is 0 Å². The van der Waals surface area contributed by atoms with E-state index >= 15 is 0 Å². The number of aryl methyl sites for hydroxylation is 1. The van der Waals surface area contributed by atoms with Gasteiger partial charge in [-0.3, -0.25) is 0 Å². The summed E-state index contributed by atoms with van der Waals surface area (Å²) in [6.07, 6.45) is 4.76. The van der Waals surface area contributed by atoms with Crippen molar-refractivity contribution in [3.63, 3.8) is 0 Å². The molecule has 0 amide bonds. The minimum Gasteiger partial charge on any atom is -0.378 e. The molecule has 0 spiro atoms. The maximum Gasteiger partial charge on any atom is 0.168 e. The molecule has 1 heterocycles. The Balaban J connectivity index is 3.41. The van der Waals surface area contributed by atoms with E-state index in [0.717, 1.165) is 16.6 Å². The molecule has 0 aliphatic carbocycles. The molecule has 1 aromatic rings. The number of hydrogen-bond acceptors (Lipinski definition) is 0. The zero-order valence-corrected chi connectivity index (χ0v) is 15.4. The molecular weight excluding hydrogens is 337 g/mol. The van der Waals surface area contributed by atoms with Gasteiger partial charge < -0.3 is 4.23 Å². The predicted octanol–water partition coefficient (Wildman–Crippen LogP) is 5.42. The van der Waals surface area contributed by atoms with Crippen LogP contribution in [0.15, 0.2) is 12.4 Å². The minimum absolute atomic E-state index is 0.769. The standard InChI is InChI=1S/C14H26INSi/c1-10(2)17(11(3)4,12(5)6)16-8-13(7)14(15)9-16/h8-12H,1-7H3. The number of hydrogen-bond donors (Lipinski definition) is 0. The Morgan fingerprint density at radius 1 is 0.941 bits per heavy atom. The monoisotopic (exact) mass is 363 g/mol. The zero-order valence-electron chi connectivity index (χ0n) is 12.2. The number of aromatic nitrogens is 1. The van der Waals surface area contributed by atoms with Crippen LogP contribution in [-0.2, 0) is 0 Å². The van der Waals surface area contributed by atoms with Crippen molar-refractivity contribution in [3.05, 3.63) is 21.5 Å². The number of halogens is 1. The molecular formula is C14H26INSi. The van der Waals surface area contributed by atoms with Crippen molar-refractivity contribution in [1.82, 2.24) is 4.23 Å². The molecule has 0 aliphatic rings. The van der Waals surface area contributed by atoms with Gasteiger partial charge in [-0.15, -0.1) is 0 Å². The van der Waals surface area contributed by atoms with Crippen LogP contribution in [0, 0.1) is 10.5 Å². The van der Waals surface area contributed by atoms with E-state index in [1.807, 2.05) is 0 Å². The summed E-state index contributed by atoms with van der Waals surface area (Å²) in [6.45, 7) is 16.7. The highest BCUT2D eigenvalue weighted by Crippen LogP contribution is 2.43. The van der Waals surface area contributed by atoms with E-state index in [4.69, 9.17) is 0 Å². The molecule has 1 aromatic heterocycles. The first-order chi connectivity index (χ1) is 7.74. The summed E-state index contributed by atoms with van der Waals surface area (Å²) >= 11 is 2.46. The van der Waals surface area contributed by atoms with Gasteiger partial charge in [0.2, 0.25) is 0 Å². The number of rotatable bonds is 4. The van der Waals surface area contributed by atoms with Crippen LogP contribution >= 0.6 is 22.6 Å². The lowest BCUT2D eigenvalue weighted by Crippen LogP contribution is -2.51. The summed E-state index contributed by atoms with van der Waals surface area (Å²) < 4.78 is 4.02. The Hall–Kier alpha value is 0.227. The molecule has 0 radical (unpaired) electrons. The van der Waals surface area contributed by atoms with Crippen molar-refractivity contribution in [2.75, 3.05) is 0 Å². The molecule has 17 heavy (non-hydrogen) atoms. The zero-order chi connectivity index (χ0) is 13.4. The van der Waals surface area contributed by atoms with Gasteiger partial charge in [0.1, 0.15) is 0 Å². The van der Waals surface area contributed by atoms with Crippen molar-refractivity contribution in [1.29, 1.82) is 0 Å². The van der Waals surface area contributed by atoms with Crippen LogP contribution in [0.2, 0.25) is 16.6 Å². The highest BCUT2D eigenvalue weighted by Gasteiger charge is 2.45. The summed E-state index contributed by atoms with van der Waals surface area (Å²) in [5.41, 5.74) is 3.73. The maximum atomic E-state index is 2.62. The topological polar surface area (TPSA) is 4.93 Å². The highest BCUT2D eigenvalue weighted by atomic mass is 127. The Labute approximate surface area is 121 Å². The molecule has 0 N–H and O–H groups in total. The van der Waals surface area contributed by atoms with Gasteiger partial charge >= 0.3 is 0 Å². The first kappa shape index (κ1) is 15.3. The molecule has 3 heteroatoms. The second-order valence-corrected chi connectivity index (χ2v) is 13.0. The van der Waals surface area contributed by atoms with Gasteiger partial charge in [-0.25, -0.2) is 0 Å². The largest absolute Gasteiger partial charge is 0.378 e. The number of nitrogens with zero attached hydrogens (tertiary/aromatic N) is 1. The smallest absolute Gasteiger partial charge is 0.168 e. The molecule has 0 unspecified atom stereocenters. The summed E-state index contributed by atoms with van der Waals surface area (Å²) in [5, 5.41) is 0. The first-order valence-corrected chi connectivity index (χ1v) is 9.84. The molecule has 98 valence electrons. The van der Waals surface area contributed by atoms with E-state index in [1.165, 1.54) is 9.13 Å². The van der Waals surface area contributed by atoms with Crippen LogP contribution < -0.4 is 0 Å².